The van der Waals surface area contributed by atoms with Crippen molar-refractivity contribution in [3.63, 3.8) is 0 Å². The molecule has 0 radical (unpaired) electrons. The van der Waals surface area contributed by atoms with Crippen LogP contribution in [0.2, 0.25) is 0 Å². The van der Waals surface area contributed by atoms with E-state index in [4.69, 9.17) is 5.11 Å². The molecule has 2 aromatic carbocycles. The number of nitrogens with zero attached hydrogens (tertiary/aromatic N) is 1. The smallest absolute Gasteiger partial charge is 0.335 e. The Labute approximate surface area is 141 Å². The highest BCUT2D eigenvalue weighted by Crippen LogP contribution is 2.21. The maximum absolute atomic E-state index is 13.4. The number of rotatable bonds is 5. The molecule has 0 saturated carbocycles. The lowest BCUT2D eigenvalue weighted by atomic mass is 10.2. The summed E-state index contributed by atoms with van der Waals surface area (Å²) in [6, 6.07) is 9.76. The second-order valence-corrected chi connectivity index (χ2v) is 5.42. The number of amides is 1. The van der Waals surface area contributed by atoms with Crippen LogP contribution in [0.15, 0.2) is 48.7 Å². The maximum atomic E-state index is 13.4. The van der Waals surface area contributed by atoms with E-state index in [1.54, 1.807) is 4.57 Å². The van der Waals surface area contributed by atoms with Crippen molar-refractivity contribution in [1.82, 2.24) is 4.57 Å². The Morgan fingerprint density at radius 1 is 1.16 bits per heavy atom. The Morgan fingerprint density at radius 3 is 2.52 bits per heavy atom. The zero-order valence-corrected chi connectivity index (χ0v) is 12.9. The van der Waals surface area contributed by atoms with E-state index in [2.05, 4.69) is 5.32 Å². The molecule has 0 unspecified atom stereocenters. The van der Waals surface area contributed by atoms with Crippen LogP contribution in [0.1, 0.15) is 20.7 Å². The number of carboxylic acids is 1. The van der Waals surface area contributed by atoms with Gasteiger partial charge in [-0.05, 0) is 42.5 Å². The molecule has 7 heteroatoms. The molecule has 3 aromatic rings. The van der Waals surface area contributed by atoms with E-state index in [9.17, 15) is 18.8 Å². The van der Waals surface area contributed by atoms with Crippen molar-refractivity contribution in [2.75, 3.05) is 5.32 Å². The monoisotopic (exact) mass is 340 g/mol. The maximum Gasteiger partial charge on any atom is 0.335 e. The Morgan fingerprint density at radius 2 is 1.88 bits per heavy atom. The van der Waals surface area contributed by atoms with Crippen LogP contribution < -0.4 is 5.32 Å². The van der Waals surface area contributed by atoms with Crippen LogP contribution in [0.25, 0.3) is 10.9 Å². The van der Waals surface area contributed by atoms with Crippen molar-refractivity contribution in [3.8, 4) is 0 Å². The molecule has 1 aromatic heterocycles. The first-order valence-electron chi connectivity index (χ1n) is 7.34. The van der Waals surface area contributed by atoms with E-state index >= 15 is 0 Å². The third-order valence-corrected chi connectivity index (χ3v) is 3.73. The van der Waals surface area contributed by atoms with Gasteiger partial charge in [0, 0.05) is 28.4 Å². The molecule has 0 atom stereocenters. The van der Waals surface area contributed by atoms with Gasteiger partial charge in [-0.2, -0.15) is 0 Å². The summed E-state index contributed by atoms with van der Waals surface area (Å²) >= 11 is 0. The summed E-state index contributed by atoms with van der Waals surface area (Å²) in [7, 11) is 0. The van der Waals surface area contributed by atoms with Crippen LogP contribution in [-0.4, -0.2) is 27.8 Å². The molecule has 0 bridgehead atoms. The first-order chi connectivity index (χ1) is 12.0. The number of hydrogen-bond donors (Lipinski definition) is 2. The summed E-state index contributed by atoms with van der Waals surface area (Å²) in [5.41, 5.74) is 1.44. The Kier molecular flexibility index (Phi) is 4.30. The lowest BCUT2D eigenvalue weighted by molar-refractivity contribution is -0.116. The zero-order valence-electron chi connectivity index (χ0n) is 12.9. The molecule has 0 aliphatic heterocycles. The van der Waals surface area contributed by atoms with Crippen molar-refractivity contribution in [1.29, 1.82) is 0 Å². The van der Waals surface area contributed by atoms with Crippen LogP contribution >= 0.6 is 0 Å². The van der Waals surface area contributed by atoms with Crippen molar-refractivity contribution in [2.45, 2.75) is 6.54 Å². The van der Waals surface area contributed by atoms with Crippen LogP contribution in [0.3, 0.4) is 0 Å². The van der Waals surface area contributed by atoms with Gasteiger partial charge in [0.1, 0.15) is 12.4 Å². The van der Waals surface area contributed by atoms with Gasteiger partial charge in [0.15, 0.2) is 6.29 Å². The average molecular weight is 340 g/mol. The van der Waals surface area contributed by atoms with Crippen LogP contribution in [0.4, 0.5) is 10.1 Å². The second-order valence-electron chi connectivity index (χ2n) is 5.42. The van der Waals surface area contributed by atoms with Crippen LogP contribution in [0, 0.1) is 5.82 Å². The Balaban J connectivity index is 1.80. The number of aromatic carboxylic acids is 1. The fourth-order valence-corrected chi connectivity index (χ4v) is 2.57. The molecule has 0 aliphatic carbocycles. The molecule has 126 valence electrons. The SMILES string of the molecule is O=Cc1cn(CC(=O)Nc2ccc(C(=O)O)cc2)c2ccc(F)cc12. The first-order valence-corrected chi connectivity index (χ1v) is 7.34. The summed E-state index contributed by atoms with van der Waals surface area (Å²) in [6.07, 6.45) is 2.10. The normalized spacial score (nSPS) is 10.6. The lowest BCUT2D eigenvalue weighted by Gasteiger charge is -2.08. The fraction of sp³-hybridized carbons (Fsp3) is 0.0556. The minimum atomic E-state index is -1.05. The fourth-order valence-electron chi connectivity index (χ4n) is 2.57. The van der Waals surface area contributed by atoms with Gasteiger partial charge in [-0.3, -0.25) is 9.59 Å². The minimum absolute atomic E-state index is 0.0728. The number of fused-ring (bicyclic) bond motifs is 1. The van der Waals surface area contributed by atoms with Crippen molar-refractivity contribution in [2.24, 2.45) is 0 Å². The van der Waals surface area contributed by atoms with Crippen molar-refractivity contribution < 1.29 is 23.9 Å². The van der Waals surface area contributed by atoms with Gasteiger partial charge in [-0.15, -0.1) is 0 Å². The summed E-state index contributed by atoms with van der Waals surface area (Å²) in [5, 5.41) is 11.9. The number of carbonyl (C=O) groups is 3. The number of hydrogen-bond acceptors (Lipinski definition) is 3. The highest BCUT2D eigenvalue weighted by Gasteiger charge is 2.12. The van der Waals surface area contributed by atoms with Gasteiger partial charge in [0.25, 0.3) is 0 Å². The molecule has 0 saturated heterocycles. The van der Waals surface area contributed by atoms with Crippen molar-refractivity contribution in [3.05, 3.63) is 65.6 Å². The molecule has 1 amide bonds. The summed E-state index contributed by atoms with van der Waals surface area (Å²) in [6.45, 7) is -0.0728. The van der Waals surface area contributed by atoms with E-state index in [0.717, 1.165) is 0 Å². The zero-order chi connectivity index (χ0) is 18.0. The molecule has 0 fully saturated rings. The topological polar surface area (TPSA) is 88.4 Å². The second kappa shape index (κ2) is 6.56. The summed E-state index contributed by atoms with van der Waals surface area (Å²) in [4.78, 5) is 34.1. The molecular weight excluding hydrogens is 327 g/mol. The highest BCUT2D eigenvalue weighted by molar-refractivity contribution is 5.99. The highest BCUT2D eigenvalue weighted by atomic mass is 19.1. The molecule has 25 heavy (non-hydrogen) atoms. The molecule has 0 aliphatic rings. The van der Waals surface area contributed by atoms with Gasteiger partial charge in [-0.1, -0.05) is 0 Å². The third kappa shape index (κ3) is 3.40. The van der Waals surface area contributed by atoms with Gasteiger partial charge in [-0.25, -0.2) is 9.18 Å². The van der Waals surface area contributed by atoms with Crippen molar-refractivity contribution >= 4 is 34.8 Å². The van der Waals surface area contributed by atoms with E-state index in [0.29, 0.717) is 28.4 Å². The molecule has 3 rings (SSSR count). The molecule has 0 spiro atoms. The minimum Gasteiger partial charge on any atom is -0.478 e. The van der Waals surface area contributed by atoms with Crippen LogP contribution in [0.5, 0.6) is 0 Å². The number of carbonyl (C=O) groups excluding carboxylic acids is 2. The van der Waals surface area contributed by atoms with Gasteiger partial charge >= 0.3 is 5.97 Å². The van der Waals surface area contributed by atoms with Gasteiger partial charge in [0.05, 0.1) is 5.56 Å². The summed E-state index contributed by atoms with van der Waals surface area (Å²) in [5.74, 6) is -1.87. The number of aromatic nitrogens is 1. The molecule has 1 heterocycles. The predicted octanol–water partition coefficient (Wildman–Crippen LogP) is 2.93. The molecule has 6 nitrogen and oxygen atoms in total. The lowest BCUT2D eigenvalue weighted by Crippen LogP contribution is -2.18. The number of nitrogens with one attached hydrogen (secondary N) is 1. The third-order valence-electron chi connectivity index (χ3n) is 3.73. The predicted molar refractivity (Wildman–Crippen MR) is 89.3 cm³/mol. The summed E-state index contributed by atoms with van der Waals surface area (Å²) < 4.78 is 14.9. The van der Waals surface area contributed by atoms with E-state index < -0.39 is 11.8 Å². The Hall–Kier alpha value is -3.48. The molecule has 2 N–H and O–H groups in total. The number of carboxylic acid groups (broad SMARTS) is 1. The average Bonchev–Trinajstić information content (AvgIpc) is 2.92. The van der Waals surface area contributed by atoms with E-state index in [1.807, 2.05) is 0 Å². The first kappa shape index (κ1) is 16.4. The standard InChI is InChI=1S/C18H13FN2O4/c19-13-3-6-16-15(7-13)12(10-22)8-21(16)9-17(23)20-14-4-1-11(2-5-14)18(24)25/h1-8,10H,9H2,(H,20,23)(H,24,25). The number of halogens is 1. The van der Waals surface area contributed by atoms with E-state index in [1.165, 1.54) is 48.7 Å². The van der Waals surface area contributed by atoms with Gasteiger partial charge in [0.2, 0.25) is 5.91 Å². The van der Waals surface area contributed by atoms with Crippen LogP contribution in [-0.2, 0) is 11.3 Å². The number of benzene rings is 2. The quantitative estimate of drug-likeness (QED) is 0.699. The van der Waals surface area contributed by atoms with Gasteiger partial charge < -0.3 is 15.0 Å². The number of aldehydes is 1. The largest absolute Gasteiger partial charge is 0.478 e. The Bertz CT molecular complexity index is 977. The number of anilines is 1. The molecular formula is C18H13FN2O4. The van der Waals surface area contributed by atoms with E-state index in [-0.39, 0.29) is 18.0 Å².